The van der Waals surface area contributed by atoms with Crippen LogP contribution in [0.3, 0.4) is 0 Å². The highest BCUT2D eigenvalue weighted by atomic mass is 16.6. The molecule has 114 valence electrons. The van der Waals surface area contributed by atoms with Gasteiger partial charge in [-0.1, -0.05) is 0 Å². The molecule has 1 N–H and O–H groups in total. The molecular formula is C16H13N5O2. The van der Waals surface area contributed by atoms with Crippen LogP contribution < -0.4 is 5.32 Å². The van der Waals surface area contributed by atoms with Crippen molar-refractivity contribution in [3.8, 4) is 6.07 Å². The molecule has 0 radical (unpaired) electrons. The molecule has 0 saturated carbocycles. The second-order valence-corrected chi connectivity index (χ2v) is 5.06. The van der Waals surface area contributed by atoms with Crippen LogP contribution in [0.5, 0.6) is 0 Å². The van der Waals surface area contributed by atoms with E-state index < -0.39 is 4.92 Å². The van der Waals surface area contributed by atoms with Crippen LogP contribution >= 0.6 is 0 Å². The molecule has 0 saturated heterocycles. The van der Waals surface area contributed by atoms with Crippen LogP contribution in [0.4, 0.5) is 11.4 Å². The monoisotopic (exact) mass is 307 g/mol. The summed E-state index contributed by atoms with van der Waals surface area (Å²) in [7, 11) is 1.87. The number of benzene rings is 2. The van der Waals surface area contributed by atoms with Crippen molar-refractivity contribution in [1.29, 1.82) is 5.26 Å². The highest BCUT2D eigenvalue weighted by molar-refractivity contribution is 5.78. The number of nitriles is 1. The van der Waals surface area contributed by atoms with E-state index in [4.69, 9.17) is 5.26 Å². The van der Waals surface area contributed by atoms with Gasteiger partial charge in [0.25, 0.3) is 5.69 Å². The van der Waals surface area contributed by atoms with Crippen LogP contribution in [0, 0.1) is 21.4 Å². The Morgan fingerprint density at radius 3 is 2.70 bits per heavy atom. The lowest BCUT2D eigenvalue weighted by molar-refractivity contribution is -0.384. The SMILES string of the molecule is Cn1c(CNc2ccc(C#N)cc2)nc2cc([N+](=O)[O-])ccc21. The molecule has 0 amide bonds. The maximum atomic E-state index is 10.8. The number of hydrogen-bond acceptors (Lipinski definition) is 5. The number of anilines is 1. The van der Waals surface area contributed by atoms with Crippen LogP contribution in [0.25, 0.3) is 11.0 Å². The Morgan fingerprint density at radius 2 is 2.04 bits per heavy atom. The summed E-state index contributed by atoms with van der Waals surface area (Å²) in [6.45, 7) is 0.477. The Morgan fingerprint density at radius 1 is 1.30 bits per heavy atom. The van der Waals surface area contributed by atoms with Crippen molar-refractivity contribution in [2.24, 2.45) is 7.05 Å². The number of imidazole rings is 1. The molecule has 7 nitrogen and oxygen atoms in total. The maximum absolute atomic E-state index is 10.8. The Hall–Kier alpha value is -3.40. The Balaban J connectivity index is 1.83. The van der Waals surface area contributed by atoms with Gasteiger partial charge in [-0.25, -0.2) is 4.98 Å². The molecule has 23 heavy (non-hydrogen) atoms. The second kappa shape index (κ2) is 5.77. The van der Waals surface area contributed by atoms with Gasteiger partial charge >= 0.3 is 0 Å². The highest BCUT2D eigenvalue weighted by Gasteiger charge is 2.12. The Bertz CT molecular complexity index is 922. The van der Waals surface area contributed by atoms with Gasteiger partial charge in [0.05, 0.1) is 34.1 Å². The quantitative estimate of drug-likeness (QED) is 0.590. The van der Waals surface area contributed by atoms with Gasteiger partial charge in [-0.3, -0.25) is 10.1 Å². The van der Waals surface area contributed by atoms with Crippen LogP contribution in [0.1, 0.15) is 11.4 Å². The minimum absolute atomic E-state index is 0.0298. The van der Waals surface area contributed by atoms with Gasteiger partial charge in [-0.15, -0.1) is 0 Å². The zero-order valence-corrected chi connectivity index (χ0v) is 12.4. The number of nitro benzene ring substituents is 1. The van der Waals surface area contributed by atoms with E-state index in [0.29, 0.717) is 17.6 Å². The molecular weight excluding hydrogens is 294 g/mol. The van der Waals surface area contributed by atoms with Gasteiger partial charge in [0.2, 0.25) is 0 Å². The minimum Gasteiger partial charge on any atom is -0.378 e. The first-order valence-corrected chi connectivity index (χ1v) is 6.92. The summed E-state index contributed by atoms with van der Waals surface area (Å²) in [6, 6.07) is 13.8. The summed E-state index contributed by atoms with van der Waals surface area (Å²) in [5, 5.41) is 22.8. The number of nitrogens with one attached hydrogen (secondary N) is 1. The number of non-ortho nitro benzene ring substituents is 1. The van der Waals surface area contributed by atoms with Gasteiger partial charge in [-0.05, 0) is 30.3 Å². The molecule has 0 bridgehead atoms. The minimum atomic E-state index is -0.428. The number of rotatable bonds is 4. The van der Waals surface area contributed by atoms with Crippen LogP contribution in [0.2, 0.25) is 0 Å². The molecule has 0 aliphatic rings. The third-order valence-electron chi connectivity index (χ3n) is 3.63. The van der Waals surface area contributed by atoms with Gasteiger partial charge in [0.1, 0.15) is 5.82 Å². The Kier molecular flexibility index (Phi) is 3.65. The first-order valence-electron chi connectivity index (χ1n) is 6.92. The molecule has 0 aliphatic carbocycles. The van der Waals surface area contributed by atoms with Crippen molar-refractivity contribution < 1.29 is 4.92 Å². The smallest absolute Gasteiger partial charge is 0.271 e. The van der Waals surface area contributed by atoms with Gasteiger partial charge in [0, 0.05) is 24.9 Å². The van der Waals surface area contributed by atoms with E-state index in [2.05, 4.69) is 16.4 Å². The third-order valence-corrected chi connectivity index (χ3v) is 3.63. The largest absolute Gasteiger partial charge is 0.378 e. The summed E-state index contributed by atoms with van der Waals surface area (Å²) in [5.74, 6) is 0.768. The molecule has 0 aliphatic heterocycles. The van der Waals surface area contributed by atoms with Gasteiger partial charge in [-0.2, -0.15) is 5.26 Å². The topological polar surface area (TPSA) is 96.8 Å². The molecule has 0 spiro atoms. The van der Waals surface area contributed by atoms with Crippen LogP contribution in [-0.4, -0.2) is 14.5 Å². The number of aromatic nitrogens is 2. The van der Waals surface area contributed by atoms with Crippen molar-refractivity contribution in [1.82, 2.24) is 9.55 Å². The predicted octanol–water partition coefficient (Wildman–Crippen LogP) is 2.97. The fraction of sp³-hybridized carbons (Fsp3) is 0.125. The molecule has 2 aromatic carbocycles. The van der Waals surface area contributed by atoms with E-state index in [1.807, 2.05) is 23.7 Å². The fourth-order valence-electron chi connectivity index (χ4n) is 2.35. The van der Waals surface area contributed by atoms with Crippen LogP contribution in [0.15, 0.2) is 42.5 Å². The Labute approximate surface area is 131 Å². The molecule has 0 atom stereocenters. The third kappa shape index (κ3) is 2.82. The molecule has 0 fully saturated rings. The zero-order chi connectivity index (χ0) is 16.4. The first-order chi connectivity index (χ1) is 11.1. The van der Waals surface area contributed by atoms with Gasteiger partial charge in [0.15, 0.2) is 0 Å². The number of nitrogens with zero attached hydrogens (tertiary/aromatic N) is 4. The molecule has 1 heterocycles. The number of hydrogen-bond donors (Lipinski definition) is 1. The number of aryl methyl sites for hydroxylation is 1. The van der Waals surface area contributed by atoms with E-state index in [0.717, 1.165) is 17.0 Å². The molecule has 0 unspecified atom stereocenters. The van der Waals surface area contributed by atoms with E-state index in [1.54, 1.807) is 18.2 Å². The van der Waals surface area contributed by atoms with Crippen molar-refractivity contribution in [2.75, 3.05) is 5.32 Å². The lowest BCUT2D eigenvalue weighted by atomic mass is 10.2. The summed E-state index contributed by atoms with van der Waals surface area (Å²) in [5.41, 5.74) is 2.94. The summed E-state index contributed by atoms with van der Waals surface area (Å²) in [4.78, 5) is 14.9. The van der Waals surface area contributed by atoms with E-state index in [1.165, 1.54) is 12.1 Å². The van der Waals surface area contributed by atoms with Crippen molar-refractivity contribution >= 4 is 22.4 Å². The summed E-state index contributed by atoms with van der Waals surface area (Å²) < 4.78 is 1.90. The number of nitro groups is 1. The second-order valence-electron chi connectivity index (χ2n) is 5.06. The zero-order valence-electron chi connectivity index (χ0n) is 12.4. The van der Waals surface area contributed by atoms with Crippen molar-refractivity contribution in [3.63, 3.8) is 0 Å². The summed E-state index contributed by atoms with van der Waals surface area (Å²) in [6.07, 6.45) is 0. The van der Waals surface area contributed by atoms with E-state index in [9.17, 15) is 10.1 Å². The standard InChI is InChI=1S/C16H13N5O2/c1-20-15-7-6-13(21(22)23)8-14(15)19-16(20)10-18-12-4-2-11(9-17)3-5-12/h2-8,18H,10H2,1H3. The molecule has 3 rings (SSSR count). The lowest BCUT2D eigenvalue weighted by Crippen LogP contribution is -2.05. The van der Waals surface area contributed by atoms with Crippen LogP contribution in [-0.2, 0) is 13.6 Å². The van der Waals surface area contributed by atoms with Crippen molar-refractivity contribution in [2.45, 2.75) is 6.54 Å². The van der Waals surface area contributed by atoms with Crippen molar-refractivity contribution in [3.05, 3.63) is 64.0 Å². The first kappa shape index (κ1) is 14.5. The normalized spacial score (nSPS) is 10.4. The molecule has 3 aromatic rings. The van der Waals surface area contributed by atoms with E-state index >= 15 is 0 Å². The van der Waals surface area contributed by atoms with Gasteiger partial charge < -0.3 is 9.88 Å². The predicted molar refractivity (Wildman–Crippen MR) is 85.9 cm³/mol. The maximum Gasteiger partial charge on any atom is 0.271 e. The summed E-state index contributed by atoms with van der Waals surface area (Å²) >= 11 is 0. The fourth-order valence-corrected chi connectivity index (χ4v) is 2.35. The average Bonchev–Trinajstić information content (AvgIpc) is 2.89. The number of fused-ring (bicyclic) bond motifs is 1. The average molecular weight is 307 g/mol. The molecule has 1 aromatic heterocycles. The molecule has 7 heteroatoms. The lowest BCUT2D eigenvalue weighted by Gasteiger charge is -2.06. The van der Waals surface area contributed by atoms with E-state index in [-0.39, 0.29) is 5.69 Å². The highest BCUT2D eigenvalue weighted by Crippen LogP contribution is 2.21.